The van der Waals surface area contributed by atoms with Gasteiger partial charge in [0.05, 0.1) is 16.8 Å². The van der Waals surface area contributed by atoms with Crippen LogP contribution in [-0.4, -0.2) is 60.5 Å². The molecule has 1 amide bonds. The molecule has 0 aliphatic heterocycles. The summed E-state index contributed by atoms with van der Waals surface area (Å²) in [5.41, 5.74) is 6.89. The maximum atomic E-state index is 12.2. The minimum atomic E-state index is -5.08. The first kappa shape index (κ1) is 28.5. The Morgan fingerprint density at radius 3 is 1.78 bits per heavy atom. The van der Waals surface area contributed by atoms with Gasteiger partial charge in [-0.25, -0.2) is 14.6 Å². The molecule has 2 aromatic heterocycles. The fourth-order valence-corrected chi connectivity index (χ4v) is 2.73. The SMILES string of the molecule is Cn1ccnc1-c1ccc(C2(NC(=O)C3(N)CC3)CC2)nc1.O=C(O)C(F)(F)F.O=C(O)C(F)(F)F. The number of carbonyl (C=O) groups is 3. The highest BCUT2D eigenvalue weighted by Crippen LogP contribution is 2.46. The minimum Gasteiger partial charge on any atom is -0.475 e. The highest BCUT2D eigenvalue weighted by atomic mass is 19.4. The Balaban J connectivity index is 0.000000271. The zero-order chi connectivity index (χ0) is 27.5. The number of hydrogen-bond acceptors (Lipinski definition) is 6. The topological polar surface area (TPSA) is 160 Å². The third-order valence-corrected chi connectivity index (χ3v) is 5.16. The molecular weight excluding hydrogens is 504 g/mol. The first-order valence-electron chi connectivity index (χ1n) is 10.1. The summed E-state index contributed by atoms with van der Waals surface area (Å²) in [6, 6.07) is 3.99. The number of aryl methyl sites for hydroxylation is 1. The maximum absolute atomic E-state index is 12.2. The van der Waals surface area contributed by atoms with Gasteiger partial charge in [0, 0.05) is 31.2 Å². The normalized spacial score (nSPS) is 16.9. The van der Waals surface area contributed by atoms with Crippen molar-refractivity contribution in [3.05, 3.63) is 36.4 Å². The molecule has 4 rings (SSSR count). The number of nitrogens with zero attached hydrogens (tertiary/aromatic N) is 3. The number of carboxylic acids is 2. The number of halogens is 6. The van der Waals surface area contributed by atoms with E-state index >= 15 is 0 Å². The minimum absolute atomic E-state index is 0.0417. The number of aromatic nitrogens is 3. The number of amides is 1. The largest absolute Gasteiger partial charge is 0.490 e. The third kappa shape index (κ3) is 7.40. The predicted octanol–water partition coefficient (Wildman–Crippen LogP) is 2.35. The van der Waals surface area contributed by atoms with Gasteiger partial charge in [0.2, 0.25) is 5.91 Å². The molecule has 0 aromatic carbocycles. The van der Waals surface area contributed by atoms with Crippen molar-refractivity contribution < 1.29 is 50.9 Å². The summed E-state index contributed by atoms with van der Waals surface area (Å²) in [5, 5.41) is 17.4. The van der Waals surface area contributed by atoms with E-state index in [0.29, 0.717) is 0 Å². The third-order valence-electron chi connectivity index (χ3n) is 5.16. The van der Waals surface area contributed by atoms with E-state index in [-0.39, 0.29) is 11.4 Å². The van der Waals surface area contributed by atoms with E-state index < -0.39 is 29.8 Å². The van der Waals surface area contributed by atoms with E-state index in [1.54, 1.807) is 6.20 Å². The second-order valence-electron chi connectivity index (χ2n) is 8.09. The van der Waals surface area contributed by atoms with Crippen LogP contribution < -0.4 is 11.1 Å². The molecule has 2 fully saturated rings. The molecule has 0 saturated heterocycles. The molecule has 16 heteroatoms. The molecule has 0 unspecified atom stereocenters. The summed E-state index contributed by atoms with van der Waals surface area (Å²) in [5.74, 6) is -4.67. The molecule has 198 valence electrons. The second kappa shape index (κ2) is 10.1. The van der Waals surface area contributed by atoms with Gasteiger partial charge in [-0.3, -0.25) is 9.78 Å². The number of rotatable bonds is 4. The van der Waals surface area contributed by atoms with Gasteiger partial charge >= 0.3 is 24.3 Å². The van der Waals surface area contributed by atoms with Crippen LogP contribution in [0.5, 0.6) is 0 Å². The number of nitrogens with one attached hydrogen (secondary N) is 1. The van der Waals surface area contributed by atoms with Crippen molar-refractivity contribution in [1.29, 1.82) is 0 Å². The number of carboxylic acid groups (broad SMARTS) is 2. The van der Waals surface area contributed by atoms with Gasteiger partial charge in [0.15, 0.2) is 0 Å². The molecule has 2 aliphatic rings. The van der Waals surface area contributed by atoms with E-state index in [2.05, 4.69) is 15.3 Å². The van der Waals surface area contributed by atoms with E-state index in [9.17, 15) is 31.1 Å². The molecule has 0 bridgehead atoms. The van der Waals surface area contributed by atoms with E-state index in [4.69, 9.17) is 25.5 Å². The van der Waals surface area contributed by atoms with Crippen LogP contribution in [0.3, 0.4) is 0 Å². The lowest BCUT2D eigenvalue weighted by Crippen LogP contribution is -2.47. The molecule has 10 nitrogen and oxygen atoms in total. The molecule has 36 heavy (non-hydrogen) atoms. The smallest absolute Gasteiger partial charge is 0.475 e. The van der Waals surface area contributed by atoms with Crippen molar-refractivity contribution in [1.82, 2.24) is 19.9 Å². The Labute approximate surface area is 199 Å². The molecule has 0 atom stereocenters. The van der Waals surface area contributed by atoms with E-state index in [1.807, 2.05) is 36.1 Å². The van der Waals surface area contributed by atoms with Crippen LogP contribution in [0.25, 0.3) is 11.4 Å². The summed E-state index contributed by atoms with van der Waals surface area (Å²) >= 11 is 0. The number of aliphatic carboxylic acids is 2. The van der Waals surface area contributed by atoms with Crippen LogP contribution in [0.2, 0.25) is 0 Å². The molecule has 0 radical (unpaired) electrons. The fraction of sp³-hybridized carbons (Fsp3) is 0.450. The fourth-order valence-electron chi connectivity index (χ4n) is 2.73. The van der Waals surface area contributed by atoms with Crippen molar-refractivity contribution in [3.8, 4) is 11.4 Å². The first-order chi connectivity index (χ1) is 16.4. The second-order valence-corrected chi connectivity index (χ2v) is 8.09. The van der Waals surface area contributed by atoms with Crippen LogP contribution in [0, 0.1) is 0 Å². The van der Waals surface area contributed by atoms with Gasteiger partial charge in [-0.2, -0.15) is 26.3 Å². The summed E-state index contributed by atoms with van der Waals surface area (Å²) in [4.78, 5) is 38.8. The monoisotopic (exact) mass is 525 g/mol. The van der Waals surface area contributed by atoms with Crippen molar-refractivity contribution in [2.45, 2.75) is 49.1 Å². The van der Waals surface area contributed by atoms with Crippen molar-refractivity contribution in [2.75, 3.05) is 0 Å². The van der Waals surface area contributed by atoms with Crippen LogP contribution in [0.1, 0.15) is 31.4 Å². The Hall–Kier alpha value is -3.69. The van der Waals surface area contributed by atoms with Gasteiger partial charge < -0.3 is 25.8 Å². The molecule has 5 N–H and O–H groups in total. The first-order valence-corrected chi connectivity index (χ1v) is 10.1. The molecule has 2 aromatic rings. The van der Waals surface area contributed by atoms with Crippen LogP contribution in [0.4, 0.5) is 26.3 Å². The average Bonchev–Trinajstić information content (AvgIpc) is 3.67. The summed E-state index contributed by atoms with van der Waals surface area (Å²) in [6.45, 7) is 0. The Morgan fingerprint density at radius 2 is 1.47 bits per heavy atom. The number of hydrogen-bond donors (Lipinski definition) is 4. The standard InChI is InChI=1S/C16H19N5O.2C2HF3O2/c1-21-9-8-18-13(21)11-2-3-12(19-10-11)16(6-7-16)20-14(22)15(17)4-5-15;2*3-2(4,5)1(6)7/h2-3,8-10H,4-7,17H2,1H3,(H,20,22);2*(H,6,7). The van der Waals surface area contributed by atoms with Crippen LogP contribution in [0.15, 0.2) is 30.7 Å². The Morgan fingerprint density at radius 1 is 0.972 bits per heavy atom. The summed E-state index contributed by atoms with van der Waals surface area (Å²) in [7, 11) is 1.95. The molecule has 2 aliphatic carbocycles. The number of nitrogens with two attached hydrogens (primary N) is 1. The summed E-state index contributed by atoms with van der Waals surface area (Å²) in [6.07, 6.45) is -1.28. The average molecular weight is 525 g/mol. The zero-order valence-electron chi connectivity index (χ0n) is 18.5. The molecule has 2 heterocycles. The quantitative estimate of drug-likeness (QED) is 0.443. The van der Waals surface area contributed by atoms with Gasteiger partial charge in [-0.1, -0.05) is 0 Å². The van der Waals surface area contributed by atoms with Crippen molar-refractivity contribution >= 4 is 17.8 Å². The highest BCUT2D eigenvalue weighted by molar-refractivity contribution is 5.90. The summed E-state index contributed by atoms with van der Waals surface area (Å²) < 4.78 is 65.4. The predicted molar refractivity (Wildman–Crippen MR) is 109 cm³/mol. The number of carbonyl (C=O) groups excluding carboxylic acids is 1. The van der Waals surface area contributed by atoms with Gasteiger partial charge in [-0.15, -0.1) is 0 Å². The van der Waals surface area contributed by atoms with Crippen LogP contribution >= 0.6 is 0 Å². The van der Waals surface area contributed by atoms with Gasteiger partial charge in [0.1, 0.15) is 5.82 Å². The van der Waals surface area contributed by atoms with Gasteiger partial charge in [0.25, 0.3) is 0 Å². The maximum Gasteiger partial charge on any atom is 0.490 e. The number of imidazole rings is 1. The number of alkyl halides is 6. The Kier molecular flexibility index (Phi) is 8.03. The molecular formula is C20H21F6N5O5. The lowest BCUT2D eigenvalue weighted by molar-refractivity contribution is -0.193. The van der Waals surface area contributed by atoms with E-state index in [0.717, 1.165) is 42.8 Å². The molecule has 0 spiro atoms. The molecule has 2 saturated carbocycles. The van der Waals surface area contributed by atoms with Crippen LogP contribution in [-0.2, 0) is 27.0 Å². The Bertz CT molecular complexity index is 1080. The lowest BCUT2D eigenvalue weighted by Gasteiger charge is -2.19. The zero-order valence-corrected chi connectivity index (χ0v) is 18.5. The van der Waals surface area contributed by atoms with Crippen molar-refractivity contribution in [3.63, 3.8) is 0 Å². The lowest BCUT2D eigenvalue weighted by atomic mass is 10.1. The highest BCUT2D eigenvalue weighted by Gasteiger charge is 2.53. The number of pyridine rings is 1. The van der Waals surface area contributed by atoms with Crippen molar-refractivity contribution in [2.24, 2.45) is 12.8 Å². The van der Waals surface area contributed by atoms with E-state index in [1.165, 1.54) is 0 Å². The van der Waals surface area contributed by atoms with Gasteiger partial charge in [-0.05, 0) is 37.8 Å².